The summed E-state index contributed by atoms with van der Waals surface area (Å²) in [7, 11) is 0. The molecule has 1 heterocycles. The van der Waals surface area contributed by atoms with Gasteiger partial charge in [-0.15, -0.1) is 0 Å². The van der Waals surface area contributed by atoms with Crippen LogP contribution in [0.25, 0.3) is 0 Å². The predicted octanol–water partition coefficient (Wildman–Crippen LogP) is 5.41. The Labute approximate surface area is 120 Å². The topological polar surface area (TPSA) is 9.23 Å². The van der Waals surface area contributed by atoms with Crippen molar-refractivity contribution in [3.05, 3.63) is 64.2 Å². The van der Waals surface area contributed by atoms with Gasteiger partial charge in [0, 0.05) is 11.5 Å². The van der Waals surface area contributed by atoms with Gasteiger partial charge in [0.25, 0.3) is 0 Å². The molecule has 0 N–H and O–H groups in total. The van der Waals surface area contributed by atoms with Crippen molar-refractivity contribution in [3.63, 3.8) is 0 Å². The number of ether oxygens (including phenoxy) is 1. The van der Waals surface area contributed by atoms with E-state index in [0.717, 1.165) is 5.75 Å². The monoisotopic (exact) mass is 274 g/mol. The minimum absolute atomic E-state index is 0.322. The van der Waals surface area contributed by atoms with Crippen molar-refractivity contribution in [1.29, 1.82) is 0 Å². The van der Waals surface area contributed by atoms with Crippen LogP contribution in [0.15, 0.2) is 42.5 Å². The van der Waals surface area contributed by atoms with Gasteiger partial charge in [-0.3, -0.25) is 0 Å². The highest BCUT2D eigenvalue weighted by Gasteiger charge is 2.22. The summed E-state index contributed by atoms with van der Waals surface area (Å²) < 4.78 is 5.84. The summed E-state index contributed by atoms with van der Waals surface area (Å²) in [5.41, 5.74) is 3.74. The predicted molar refractivity (Wildman–Crippen MR) is 81.1 cm³/mol. The van der Waals surface area contributed by atoms with Crippen LogP contribution < -0.4 is 4.74 Å². The van der Waals surface area contributed by atoms with E-state index < -0.39 is 0 Å². The van der Waals surface area contributed by atoms with Gasteiger partial charge >= 0.3 is 0 Å². The summed E-state index contributed by atoms with van der Waals surface area (Å²) in [6, 6.07) is 14.4. The van der Waals surface area contributed by atoms with E-state index in [1.54, 1.807) is 0 Å². The first-order valence-electron chi connectivity index (χ1n) is 6.76. The van der Waals surface area contributed by atoms with E-state index in [-0.39, 0.29) is 0 Å². The summed E-state index contributed by atoms with van der Waals surface area (Å²) in [6.07, 6.45) is 0. The lowest BCUT2D eigenvalue weighted by Gasteiger charge is -2.14. The first kappa shape index (κ1) is 14.0. The number of hydrogen-bond donors (Lipinski definition) is 0. The molecule has 2 aromatic rings. The summed E-state index contributed by atoms with van der Waals surface area (Å²) in [5, 5.41) is 0.696. The van der Waals surface area contributed by atoms with Crippen molar-refractivity contribution >= 4 is 11.6 Å². The van der Waals surface area contributed by atoms with Gasteiger partial charge in [-0.2, -0.15) is 0 Å². The molecule has 1 nitrogen and oxygen atoms in total. The molecule has 1 aliphatic rings. The van der Waals surface area contributed by atoms with Gasteiger partial charge in [0.1, 0.15) is 12.4 Å². The summed E-state index contributed by atoms with van der Waals surface area (Å²) in [6.45, 7) is 6.79. The van der Waals surface area contributed by atoms with Crippen LogP contribution >= 0.6 is 11.6 Å². The van der Waals surface area contributed by atoms with E-state index in [2.05, 4.69) is 31.2 Å². The number of fused-ring (bicyclic) bond motifs is 2. The minimum Gasteiger partial charge on any atom is -0.487 e. The maximum Gasteiger partial charge on any atom is 0.142 e. The molecular weight excluding hydrogens is 256 g/mol. The van der Waals surface area contributed by atoms with Gasteiger partial charge in [-0.05, 0) is 17.2 Å². The van der Waals surface area contributed by atoms with Gasteiger partial charge in [0.15, 0.2) is 0 Å². The van der Waals surface area contributed by atoms with Crippen LogP contribution in [-0.4, -0.2) is 0 Å². The van der Waals surface area contributed by atoms with E-state index >= 15 is 0 Å². The van der Waals surface area contributed by atoms with Gasteiger partial charge in [-0.1, -0.05) is 68.8 Å². The highest BCUT2D eigenvalue weighted by molar-refractivity contribution is 6.32. The van der Waals surface area contributed by atoms with Crippen molar-refractivity contribution in [2.24, 2.45) is 0 Å². The molecule has 0 aromatic heterocycles. The quantitative estimate of drug-likeness (QED) is 0.624. The van der Waals surface area contributed by atoms with E-state index in [4.69, 9.17) is 16.3 Å². The zero-order chi connectivity index (χ0) is 13.8. The molecule has 1 aliphatic heterocycles. The van der Waals surface area contributed by atoms with Crippen LogP contribution in [0.2, 0.25) is 5.02 Å². The van der Waals surface area contributed by atoms with Crippen molar-refractivity contribution in [2.45, 2.75) is 33.3 Å². The molecule has 1 unspecified atom stereocenters. The highest BCUT2D eigenvalue weighted by atomic mass is 35.5. The maximum absolute atomic E-state index is 6.20. The zero-order valence-electron chi connectivity index (χ0n) is 11.6. The molecule has 0 spiro atoms. The fourth-order valence-corrected chi connectivity index (χ4v) is 2.66. The largest absolute Gasteiger partial charge is 0.487 e. The Morgan fingerprint density at radius 1 is 1.00 bits per heavy atom. The Morgan fingerprint density at radius 2 is 1.68 bits per heavy atom. The maximum atomic E-state index is 6.20. The van der Waals surface area contributed by atoms with Crippen LogP contribution in [0.3, 0.4) is 0 Å². The molecule has 0 aliphatic carbocycles. The molecule has 3 rings (SSSR count). The Kier molecular flexibility index (Phi) is 4.49. The molecule has 0 bridgehead atoms. The van der Waals surface area contributed by atoms with Gasteiger partial charge < -0.3 is 4.74 Å². The molecular formula is C17H19ClO. The fourth-order valence-electron chi connectivity index (χ4n) is 2.42. The summed E-state index contributed by atoms with van der Waals surface area (Å²) in [5.74, 6) is 1.15. The van der Waals surface area contributed by atoms with Gasteiger partial charge in [0.2, 0.25) is 0 Å². The van der Waals surface area contributed by atoms with E-state index in [1.165, 1.54) is 16.7 Å². The Hall–Kier alpha value is -1.47. The van der Waals surface area contributed by atoms with Crippen LogP contribution in [0.4, 0.5) is 0 Å². The lowest BCUT2D eigenvalue weighted by molar-refractivity contribution is 0.307. The summed E-state index contributed by atoms with van der Waals surface area (Å²) >= 11 is 6.20. The normalized spacial score (nSPS) is 16.1. The van der Waals surface area contributed by atoms with Crippen molar-refractivity contribution < 1.29 is 4.74 Å². The lowest BCUT2D eigenvalue weighted by atomic mass is 9.90. The second-order valence-corrected chi connectivity index (χ2v) is 4.77. The second-order valence-electron chi connectivity index (χ2n) is 4.37. The molecule has 19 heavy (non-hydrogen) atoms. The molecule has 100 valence electrons. The number of hydrogen-bond acceptors (Lipinski definition) is 1. The first-order valence-corrected chi connectivity index (χ1v) is 7.14. The average Bonchev–Trinajstić information content (AvgIpc) is 2.61. The van der Waals surface area contributed by atoms with Crippen LogP contribution in [0.5, 0.6) is 5.75 Å². The molecule has 0 saturated carbocycles. The standard InChI is InChI=1S/C15H13ClO.C2H6/c1-10-12-6-3-2-5-11(12)9-17-15-13(10)7-4-8-14(15)16;1-2/h2-8,10H,9H2,1H3;1-2H3. The Bertz CT molecular complexity index is 563. The molecule has 2 aromatic carbocycles. The fraction of sp³-hybridized carbons (Fsp3) is 0.294. The molecule has 0 saturated heterocycles. The SMILES string of the molecule is CC.CC1c2ccccc2COc2c(Cl)cccc21. The molecule has 0 amide bonds. The van der Waals surface area contributed by atoms with E-state index in [1.807, 2.05) is 32.0 Å². The number of rotatable bonds is 0. The number of halogens is 1. The summed E-state index contributed by atoms with van der Waals surface area (Å²) in [4.78, 5) is 0. The van der Waals surface area contributed by atoms with Crippen LogP contribution in [0.1, 0.15) is 43.4 Å². The molecule has 0 fully saturated rings. The molecule has 1 atom stereocenters. The molecule has 0 radical (unpaired) electrons. The highest BCUT2D eigenvalue weighted by Crippen LogP contribution is 2.40. The molecule has 2 heteroatoms. The smallest absolute Gasteiger partial charge is 0.142 e. The second kappa shape index (κ2) is 6.12. The van der Waals surface area contributed by atoms with Crippen LogP contribution in [-0.2, 0) is 6.61 Å². The van der Waals surface area contributed by atoms with E-state index in [0.29, 0.717) is 17.5 Å². The Morgan fingerprint density at radius 3 is 2.47 bits per heavy atom. The third-order valence-corrected chi connectivity index (χ3v) is 3.66. The van der Waals surface area contributed by atoms with E-state index in [9.17, 15) is 0 Å². The van der Waals surface area contributed by atoms with Crippen LogP contribution in [0, 0.1) is 0 Å². The van der Waals surface area contributed by atoms with Gasteiger partial charge in [0.05, 0.1) is 5.02 Å². The lowest BCUT2D eigenvalue weighted by Crippen LogP contribution is -1.97. The third-order valence-electron chi connectivity index (χ3n) is 3.36. The number of para-hydroxylation sites is 1. The van der Waals surface area contributed by atoms with Crippen molar-refractivity contribution in [3.8, 4) is 5.75 Å². The van der Waals surface area contributed by atoms with Crippen molar-refractivity contribution in [2.75, 3.05) is 0 Å². The number of benzene rings is 2. The minimum atomic E-state index is 0.322. The zero-order valence-corrected chi connectivity index (χ0v) is 12.4. The first-order chi connectivity index (χ1) is 9.27. The van der Waals surface area contributed by atoms with Gasteiger partial charge in [-0.25, -0.2) is 0 Å². The third kappa shape index (κ3) is 2.62. The Balaban J connectivity index is 0.000000637. The average molecular weight is 275 g/mol. The van der Waals surface area contributed by atoms with Crippen molar-refractivity contribution in [1.82, 2.24) is 0 Å².